The van der Waals surface area contributed by atoms with E-state index in [1.807, 2.05) is 53.9 Å². The number of hydrogen-bond acceptors (Lipinski definition) is 5. The molecule has 0 bridgehead atoms. The molecule has 25 heavy (non-hydrogen) atoms. The van der Waals surface area contributed by atoms with Crippen LogP contribution in [0.2, 0.25) is 0 Å². The van der Waals surface area contributed by atoms with Crippen molar-refractivity contribution in [2.45, 2.75) is 0 Å². The summed E-state index contributed by atoms with van der Waals surface area (Å²) in [6.45, 7) is 0. The molecule has 2 aromatic heterocycles. The lowest BCUT2D eigenvalue weighted by Crippen LogP contribution is -2.14. The average molecular weight is 411 g/mol. The number of hydrogen-bond donors (Lipinski definition) is 1. The number of thiazole rings is 1. The van der Waals surface area contributed by atoms with Gasteiger partial charge in [-0.2, -0.15) is 0 Å². The van der Waals surface area contributed by atoms with Crippen molar-refractivity contribution in [2.75, 3.05) is 5.32 Å². The molecule has 7 heteroatoms. The summed E-state index contributed by atoms with van der Waals surface area (Å²) in [5.74, 6) is -0.326. The van der Waals surface area contributed by atoms with Gasteiger partial charge in [0.25, 0.3) is 5.91 Å². The zero-order valence-corrected chi connectivity index (χ0v) is 15.2. The molecule has 4 rings (SSSR count). The van der Waals surface area contributed by atoms with Gasteiger partial charge in [0.1, 0.15) is 5.69 Å². The lowest BCUT2D eigenvalue weighted by atomic mass is 10.2. The van der Waals surface area contributed by atoms with Crippen molar-refractivity contribution in [1.29, 1.82) is 0 Å². The molecular formula is C18H11BrN4OS. The van der Waals surface area contributed by atoms with Gasteiger partial charge in [0.2, 0.25) is 0 Å². The van der Waals surface area contributed by atoms with Crippen molar-refractivity contribution >= 4 is 49.3 Å². The molecule has 0 saturated carbocycles. The standard InChI is InChI=1S/C18H11BrN4OS/c19-12-5-3-4-11(8-12)16-10-25-18(22-16)23-17(24)15-9-20-13-6-1-2-7-14(13)21-15/h1-10H,(H,22,23,24). The first-order chi connectivity index (χ1) is 12.2. The van der Waals surface area contributed by atoms with Gasteiger partial charge in [0.15, 0.2) is 5.13 Å². The zero-order chi connectivity index (χ0) is 17.2. The number of benzene rings is 2. The minimum Gasteiger partial charge on any atom is -0.296 e. The zero-order valence-electron chi connectivity index (χ0n) is 12.8. The van der Waals surface area contributed by atoms with Gasteiger partial charge in [0, 0.05) is 15.4 Å². The lowest BCUT2D eigenvalue weighted by molar-refractivity contribution is 0.102. The third-order valence-electron chi connectivity index (χ3n) is 3.53. The van der Waals surface area contributed by atoms with E-state index in [0.717, 1.165) is 21.2 Å². The number of anilines is 1. The molecule has 4 aromatic rings. The molecular weight excluding hydrogens is 400 g/mol. The SMILES string of the molecule is O=C(Nc1nc(-c2cccc(Br)c2)cs1)c1cnc2ccccc2n1. The average Bonchev–Trinajstić information content (AvgIpc) is 3.10. The van der Waals surface area contributed by atoms with Crippen LogP contribution < -0.4 is 5.32 Å². The van der Waals surface area contributed by atoms with Crippen LogP contribution in [0.1, 0.15) is 10.5 Å². The van der Waals surface area contributed by atoms with Gasteiger partial charge in [-0.15, -0.1) is 11.3 Å². The van der Waals surface area contributed by atoms with E-state index in [2.05, 4.69) is 36.2 Å². The number of fused-ring (bicyclic) bond motifs is 1. The molecule has 2 aromatic carbocycles. The number of carbonyl (C=O) groups excluding carboxylic acids is 1. The quantitative estimate of drug-likeness (QED) is 0.528. The summed E-state index contributed by atoms with van der Waals surface area (Å²) in [6.07, 6.45) is 1.47. The fraction of sp³-hybridized carbons (Fsp3) is 0. The summed E-state index contributed by atoms with van der Waals surface area (Å²) < 4.78 is 0.982. The van der Waals surface area contributed by atoms with E-state index in [0.29, 0.717) is 10.6 Å². The van der Waals surface area contributed by atoms with Crippen molar-refractivity contribution in [3.8, 4) is 11.3 Å². The second kappa shape index (κ2) is 6.70. The normalized spacial score (nSPS) is 10.8. The van der Waals surface area contributed by atoms with E-state index in [4.69, 9.17) is 0 Å². The maximum Gasteiger partial charge on any atom is 0.277 e. The molecule has 0 atom stereocenters. The van der Waals surface area contributed by atoms with Crippen molar-refractivity contribution < 1.29 is 4.79 Å². The first-order valence-electron chi connectivity index (χ1n) is 7.44. The van der Waals surface area contributed by atoms with Gasteiger partial charge in [-0.3, -0.25) is 15.1 Å². The molecule has 0 radical (unpaired) electrons. The lowest BCUT2D eigenvalue weighted by Gasteiger charge is -2.02. The molecule has 2 heterocycles. The molecule has 0 aliphatic carbocycles. The van der Waals surface area contributed by atoms with Crippen molar-refractivity contribution in [3.05, 3.63) is 70.3 Å². The molecule has 1 amide bonds. The molecule has 5 nitrogen and oxygen atoms in total. The summed E-state index contributed by atoms with van der Waals surface area (Å²) in [6, 6.07) is 15.3. The van der Waals surface area contributed by atoms with Gasteiger partial charge in [0.05, 0.1) is 22.9 Å². The van der Waals surface area contributed by atoms with E-state index < -0.39 is 0 Å². The molecule has 0 unspecified atom stereocenters. The van der Waals surface area contributed by atoms with E-state index >= 15 is 0 Å². The number of halogens is 1. The Morgan fingerprint density at radius 1 is 1.04 bits per heavy atom. The second-order valence-corrected chi connectivity index (χ2v) is 7.02. The predicted molar refractivity (Wildman–Crippen MR) is 103 cm³/mol. The highest BCUT2D eigenvalue weighted by molar-refractivity contribution is 9.10. The van der Waals surface area contributed by atoms with Crippen molar-refractivity contribution in [1.82, 2.24) is 15.0 Å². The highest BCUT2D eigenvalue weighted by atomic mass is 79.9. The third-order valence-corrected chi connectivity index (χ3v) is 4.78. The van der Waals surface area contributed by atoms with E-state index in [9.17, 15) is 4.79 Å². The van der Waals surface area contributed by atoms with Crippen LogP contribution in [0.5, 0.6) is 0 Å². The van der Waals surface area contributed by atoms with Crippen LogP contribution >= 0.6 is 27.3 Å². The molecule has 0 saturated heterocycles. The summed E-state index contributed by atoms with van der Waals surface area (Å²) in [5, 5.41) is 5.21. The summed E-state index contributed by atoms with van der Waals surface area (Å²) in [5.41, 5.74) is 3.50. The van der Waals surface area contributed by atoms with Crippen LogP contribution in [0, 0.1) is 0 Å². The van der Waals surface area contributed by atoms with Gasteiger partial charge in [-0.1, -0.05) is 40.2 Å². The van der Waals surface area contributed by atoms with E-state index in [-0.39, 0.29) is 11.6 Å². The van der Waals surface area contributed by atoms with Crippen LogP contribution in [0.3, 0.4) is 0 Å². The Bertz CT molecular complexity index is 1080. The molecule has 0 aliphatic rings. The smallest absolute Gasteiger partial charge is 0.277 e. The molecule has 0 aliphatic heterocycles. The Morgan fingerprint density at radius 2 is 1.88 bits per heavy atom. The van der Waals surface area contributed by atoms with Crippen LogP contribution in [0.15, 0.2) is 64.6 Å². The molecule has 122 valence electrons. The largest absolute Gasteiger partial charge is 0.296 e. The van der Waals surface area contributed by atoms with Crippen LogP contribution in [0.25, 0.3) is 22.3 Å². The minimum absolute atomic E-state index is 0.262. The molecule has 0 spiro atoms. The maximum absolute atomic E-state index is 12.4. The van der Waals surface area contributed by atoms with Crippen LogP contribution in [-0.4, -0.2) is 20.9 Å². The van der Waals surface area contributed by atoms with Gasteiger partial charge < -0.3 is 0 Å². The fourth-order valence-corrected chi connectivity index (χ4v) is 3.45. The number of nitrogens with one attached hydrogen (secondary N) is 1. The Kier molecular flexibility index (Phi) is 4.25. The fourth-order valence-electron chi connectivity index (χ4n) is 2.34. The number of rotatable bonds is 3. The maximum atomic E-state index is 12.4. The topological polar surface area (TPSA) is 67.8 Å². The van der Waals surface area contributed by atoms with Gasteiger partial charge in [-0.25, -0.2) is 9.97 Å². The van der Waals surface area contributed by atoms with Crippen molar-refractivity contribution in [2.24, 2.45) is 0 Å². The monoisotopic (exact) mass is 410 g/mol. The van der Waals surface area contributed by atoms with Crippen LogP contribution in [0.4, 0.5) is 5.13 Å². The molecule has 0 fully saturated rings. The second-order valence-electron chi connectivity index (χ2n) is 5.25. The highest BCUT2D eigenvalue weighted by Crippen LogP contribution is 2.27. The van der Waals surface area contributed by atoms with E-state index in [1.54, 1.807) is 0 Å². The number of carbonyl (C=O) groups is 1. The van der Waals surface area contributed by atoms with E-state index in [1.165, 1.54) is 17.5 Å². The Hall–Kier alpha value is -2.64. The summed E-state index contributed by atoms with van der Waals surface area (Å²) >= 11 is 4.82. The number of nitrogens with zero attached hydrogens (tertiary/aromatic N) is 3. The summed E-state index contributed by atoms with van der Waals surface area (Å²) in [4.78, 5) is 25.5. The van der Waals surface area contributed by atoms with Gasteiger partial charge >= 0.3 is 0 Å². The Labute approximate surface area is 155 Å². The van der Waals surface area contributed by atoms with Crippen molar-refractivity contribution in [3.63, 3.8) is 0 Å². The first kappa shape index (κ1) is 15.9. The Balaban J connectivity index is 1.56. The summed E-state index contributed by atoms with van der Waals surface area (Å²) in [7, 11) is 0. The van der Waals surface area contributed by atoms with Gasteiger partial charge in [-0.05, 0) is 24.3 Å². The third kappa shape index (κ3) is 3.42. The predicted octanol–water partition coefficient (Wildman–Crippen LogP) is 4.77. The number of amides is 1. The Morgan fingerprint density at radius 3 is 2.72 bits per heavy atom. The highest BCUT2D eigenvalue weighted by Gasteiger charge is 2.12. The number of para-hydroxylation sites is 2. The first-order valence-corrected chi connectivity index (χ1v) is 9.11. The van der Waals surface area contributed by atoms with Crippen LogP contribution in [-0.2, 0) is 0 Å². The number of aromatic nitrogens is 3. The minimum atomic E-state index is -0.326. The molecule has 1 N–H and O–H groups in total.